The number of para-hydroxylation sites is 1. The highest BCUT2D eigenvalue weighted by molar-refractivity contribution is 6.23. The van der Waals surface area contributed by atoms with Gasteiger partial charge in [0.15, 0.2) is 5.58 Å². The molecule has 0 bridgehead atoms. The van der Waals surface area contributed by atoms with Gasteiger partial charge in [0.25, 0.3) is 0 Å². The molecule has 0 spiro atoms. The maximum absolute atomic E-state index is 6.83. The fraction of sp³-hybridized carbons (Fsp3) is 0. The summed E-state index contributed by atoms with van der Waals surface area (Å²) >= 11 is 0. The number of rotatable bonds is 7. The van der Waals surface area contributed by atoms with Crippen molar-refractivity contribution in [2.75, 3.05) is 4.90 Å². The van der Waals surface area contributed by atoms with Gasteiger partial charge in [-0.25, -0.2) is 0 Å². The maximum atomic E-state index is 6.83. The molecule has 0 N–H and O–H groups in total. The molecule has 2 heterocycles. The van der Waals surface area contributed by atoms with Gasteiger partial charge < -0.3 is 13.9 Å². The van der Waals surface area contributed by atoms with E-state index >= 15 is 0 Å². The molecule has 3 nitrogen and oxygen atoms in total. The molecule has 2 aromatic heterocycles. The molecule has 0 saturated heterocycles. The van der Waals surface area contributed by atoms with Gasteiger partial charge in [-0.05, 0) is 117 Å². The van der Waals surface area contributed by atoms with Gasteiger partial charge in [-0.3, -0.25) is 0 Å². The van der Waals surface area contributed by atoms with Crippen molar-refractivity contribution in [1.82, 2.24) is 4.57 Å². The average molecular weight is 779 g/mol. The van der Waals surface area contributed by atoms with Crippen LogP contribution < -0.4 is 4.90 Å². The van der Waals surface area contributed by atoms with Crippen LogP contribution in [0.2, 0.25) is 0 Å². The summed E-state index contributed by atoms with van der Waals surface area (Å²) in [6.07, 6.45) is 0. The number of furan rings is 1. The first-order valence-electron chi connectivity index (χ1n) is 20.8. The van der Waals surface area contributed by atoms with Gasteiger partial charge >= 0.3 is 0 Å². The smallest absolute Gasteiger partial charge is 0.160 e. The molecule has 61 heavy (non-hydrogen) atoms. The van der Waals surface area contributed by atoms with Gasteiger partial charge in [-0.2, -0.15) is 0 Å². The fourth-order valence-corrected chi connectivity index (χ4v) is 9.26. The molecule has 0 radical (unpaired) electrons. The summed E-state index contributed by atoms with van der Waals surface area (Å²) in [6.45, 7) is 0. The Labute approximate surface area is 353 Å². The minimum Gasteiger partial charge on any atom is -0.454 e. The largest absolute Gasteiger partial charge is 0.454 e. The second kappa shape index (κ2) is 14.3. The van der Waals surface area contributed by atoms with E-state index in [-0.39, 0.29) is 0 Å². The molecule has 0 atom stereocenters. The first-order chi connectivity index (χ1) is 30.2. The summed E-state index contributed by atoms with van der Waals surface area (Å²) in [4.78, 5) is 2.35. The molecule has 0 aliphatic carbocycles. The monoisotopic (exact) mass is 778 g/mol. The normalized spacial score (nSPS) is 11.6. The third-order valence-electron chi connectivity index (χ3n) is 12.2. The Morgan fingerprint density at radius 2 is 0.803 bits per heavy atom. The van der Waals surface area contributed by atoms with Gasteiger partial charge in [-0.15, -0.1) is 0 Å². The van der Waals surface area contributed by atoms with E-state index in [1.165, 1.54) is 60.6 Å². The van der Waals surface area contributed by atoms with Crippen LogP contribution >= 0.6 is 0 Å². The second-order valence-corrected chi connectivity index (χ2v) is 15.7. The van der Waals surface area contributed by atoms with Crippen molar-refractivity contribution < 1.29 is 4.42 Å². The molecular weight excluding hydrogens is 741 g/mol. The molecule has 0 amide bonds. The molecule has 286 valence electrons. The second-order valence-electron chi connectivity index (χ2n) is 15.7. The summed E-state index contributed by atoms with van der Waals surface area (Å²) < 4.78 is 9.23. The van der Waals surface area contributed by atoms with Gasteiger partial charge in [0, 0.05) is 38.6 Å². The summed E-state index contributed by atoms with van der Waals surface area (Å²) in [6, 6.07) is 82.8. The Balaban J connectivity index is 1.05. The highest BCUT2D eigenvalue weighted by Crippen LogP contribution is 2.46. The quantitative estimate of drug-likeness (QED) is 0.161. The van der Waals surface area contributed by atoms with Crippen LogP contribution in [0.5, 0.6) is 0 Å². The van der Waals surface area contributed by atoms with E-state index in [4.69, 9.17) is 4.42 Å². The molecule has 0 unspecified atom stereocenters. The zero-order chi connectivity index (χ0) is 40.3. The Bertz CT molecular complexity index is 3450. The number of nitrogens with zero attached hydrogens (tertiary/aromatic N) is 2. The average Bonchev–Trinajstić information content (AvgIpc) is 3.89. The Kier molecular flexibility index (Phi) is 8.17. The highest BCUT2D eigenvalue weighted by atomic mass is 16.3. The SMILES string of the molecule is c1ccc(-c2ccc(N(c3ccc(-n4c5ccc(-c6ccccc6)cc5c5cc(-c6ccccc6)ccc54)cc3)c3cc4ccccc4c4c3oc3ccccc34)cc2)cc1. The van der Waals surface area contributed by atoms with Crippen molar-refractivity contribution in [1.29, 1.82) is 0 Å². The first-order valence-corrected chi connectivity index (χ1v) is 20.8. The maximum Gasteiger partial charge on any atom is 0.160 e. The molecule has 3 heteroatoms. The topological polar surface area (TPSA) is 21.3 Å². The fourth-order valence-electron chi connectivity index (χ4n) is 9.26. The van der Waals surface area contributed by atoms with E-state index in [0.717, 1.165) is 50.1 Å². The Morgan fingerprint density at radius 1 is 0.344 bits per heavy atom. The van der Waals surface area contributed by atoms with Gasteiger partial charge in [0.1, 0.15) is 5.58 Å². The minimum atomic E-state index is 0.863. The van der Waals surface area contributed by atoms with Crippen LogP contribution in [0.25, 0.3) is 93.6 Å². The van der Waals surface area contributed by atoms with Crippen LogP contribution in [0.1, 0.15) is 0 Å². The number of anilines is 3. The molecule has 0 fully saturated rings. The standard InChI is InChI=1S/C58H38N2O/c1-4-14-39(15-5-1)42-24-28-46(29-25-42)59(55-38-45-20-10-11-21-49(45)57-50-22-12-13-23-56(50)61-58(55)57)47-30-32-48(33-31-47)60-53-34-26-43(40-16-6-2-7-17-40)36-51(53)52-37-44(27-35-54(52)60)41-18-8-3-9-19-41/h1-38H. The molecule has 0 saturated carbocycles. The summed E-state index contributed by atoms with van der Waals surface area (Å²) in [5.41, 5.74) is 15.4. The Hall–Kier alpha value is -8.14. The van der Waals surface area contributed by atoms with Crippen LogP contribution in [0.4, 0.5) is 17.1 Å². The predicted molar refractivity (Wildman–Crippen MR) is 257 cm³/mol. The van der Waals surface area contributed by atoms with Crippen LogP contribution in [0.15, 0.2) is 235 Å². The van der Waals surface area contributed by atoms with Crippen LogP contribution in [-0.2, 0) is 0 Å². The van der Waals surface area contributed by atoms with Crippen molar-refractivity contribution in [3.63, 3.8) is 0 Å². The number of aromatic nitrogens is 1. The number of hydrogen-bond donors (Lipinski definition) is 0. The third kappa shape index (κ3) is 5.90. The first kappa shape index (κ1) is 34.9. The van der Waals surface area contributed by atoms with Crippen molar-refractivity contribution in [2.45, 2.75) is 0 Å². The van der Waals surface area contributed by atoms with Gasteiger partial charge in [0.2, 0.25) is 0 Å². The van der Waals surface area contributed by atoms with Gasteiger partial charge in [0.05, 0.1) is 16.7 Å². The summed E-state index contributed by atoms with van der Waals surface area (Å²) in [5, 5.41) is 7.03. The molecule has 0 aliphatic rings. The lowest BCUT2D eigenvalue weighted by atomic mass is 10.0. The van der Waals surface area contributed by atoms with Crippen molar-refractivity contribution in [3.8, 4) is 39.1 Å². The van der Waals surface area contributed by atoms with Crippen LogP contribution in [0, 0.1) is 0 Å². The van der Waals surface area contributed by atoms with Crippen LogP contribution in [-0.4, -0.2) is 4.57 Å². The molecule has 12 aromatic rings. The van der Waals surface area contributed by atoms with E-state index < -0.39 is 0 Å². The van der Waals surface area contributed by atoms with Gasteiger partial charge in [-0.1, -0.05) is 158 Å². The molecule has 10 aromatic carbocycles. The predicted octanol–water partition coefficient (Wildman–Crippen LogP) is 16.3. The van der Waals surface area contributed by atoms with E-state index in [1.54, 1.807) is 0 Å². The third-order valence-corrected chi connectivity index (χ3v) is 12.2. The van der Waals surface area contributed by atoms with Crippen molar-refractivity contribution >= 4 is 71.6 Å². The van der Waals surface area contributed by atoms with Crippen LogP contribution in [0.3, 0.4) is 0 Å². The lowest BCUT2D eigenvalue weighted by Crippen LogP contribution is -2.10. The molecular formula is C58H38N2O. The highest BCUT2D eigenvalue weighted by Gasteiger charge is 2.23. The summed E-state index contributed by atoms with van der Waals surface area (Å²) in [5.74, 6) is 0. The summed E-state index contributed by atoms with van der Waals surface area (Å²) in [7, 11) is 0. The van der Waals surface area contributed by atoms with E-state index in [0.29, 0.717) is 0 Å². The van der Waals surface area contributed by atoms with E-state index in [9.17, 15) is 0 Å². The lowest BCUT2D eigenvalue weighted by Gasteiger charge is -2.26. The number of fused-ring (bicyclic) bond motifs is 8. The zero-order valence-corrected chi connectivity index (χ0v) is 33.2. The number of hydrogen-bond acceptors (Lipinski definition) is 2. The van der Waals surface area contributed by atoms with E-state index in [1.807, 2.05) is 6.07 Å². The zero-order valence-electron chi connectivity index (χ0n) is 33.2. The number of benzene rings is 10. The molecule has 12 rings (SSSR count). The minimum absolute atomic E-state index is 0.863. The van der Waals surface area contributed by atoms with E-state index in [2.05, 4.69) is 234 Å². The molecule has 0 aliphatic heterocycles. The Morgan fingerprint density at radius 3 is 1.39 bits per heavy atom. The van der Waals surface area contributed by atoms with Crippen molar-refractivity contribution in [2.24, 2.45) is 0 Å². The lowest BCUT2D eigenvalue weighted by molar-refractivity contribution is 0.669. The van der Waals surface area contributed by atoms with Crippen molar-refractivity contribution in [3.05, 3.63) is 231 Å².